The molecule has 27 heavy (non-hydrogen) atoms. The maximum Gasteiger partial charge on any atom is 0.165 e. The molecule has 2 saturated carbocycles. The van der Waals surface area contributed by atoms with Crippen LogP contribution in [-0.4, -0.2) is 15.9 Å². The van der Waals surface area contributed by atoms with Crippen LogP contribution in [0.3, 0.4) is 0 Å². The first-order valence-electron chi connectivity index (χ1n) is 10.0. The number of benzene rings is 1. The van der Waals surface area contributed by atoms with Gasteiger partial charge in [0, 0.05) is 17.8 Å². The predicted octanol–water partition coefficient (Wildman–Crippen LogP) is 4.91. The topological polar surface area (TPSA) is 50.2 Å². The van der Waals surface area contributed by atoms with Crippen LogP contribution in [0.4, 0.5) is 0 Å². The minimum atomic E-state index is -0.214. The van der Waals surface area contributed by atoms with Gasteiger partial charge in [0.2, 0.25) is 0 Å². The first-order valence-corrected chi connectivity index (χ1v) is 10.0. The molecule has 0 unspecified atom stereocenters. The Balaban J connectivity index is 1.50. The average Bonchev–Trinajstić information content (AvgIpc) is 2.93. The second-order valence-electron chi connectivity index (χ2n) is 8.74. The van der Waals surface area contributed by atoms with E-state index in [0.717, 1.165) is 43.2 Å². The predicted molar refractivity (Wildman–Crippen MR) is 105 cm³/mol. The summed E-state index contributed by atoms with van der Waals surface area (Å²) in [6, 6.07) is 9.82. The van der Waals surface area contributed by atoms with Gasteiger partial charge in [0.05, 0.1) is 0 Å². The maximum atomic E-state index is 13.3. The second kappa shape index (κ2) is 6.05. The zero-order valence-corrected chi connectivity index (χ0v) is 15.7. The summed E-state index contributed by atoms with van der Waals surface area (Å²) in [5.74, 6) is 2.25. The van der Waals surface area contributed by atoms with Crippen molar-refractivity contribution in [2.24, 2.45) is 17.3 Å². The molecule has 4 atom stereocenters. The zero-order valence-electron chi connectivity index (χ0n) is 15.7. The molecule has 3 aliphatic carbocycles. The summed E-state index contributed by atoms with van der Waals surface area (Å²) in [5, 5.41) is 9.83. The van der Waals surface area contributed by atoms with Crippen LogP contribution in [0.15, 0.2) is 48.3 Å². The molecule has 2 fully saturated rings. The van der Waals surface area contributed by atoms with Crippen molar-refractivity contribution in [1.82, 2.24) is 4.98 Å². The molecule has 1 aromatic carbocycles. The molecule has 5 rings (SSSR count). The number of pyridine rings is 1. The third kappa shape index (κ3) is 2.55. The number of carbonyl (C=O) groups is 1. The summed E-state index contributed by atoms with van der Waals surface area (Å²) < 4.78 is 0. The Morgan fingerprint density at radius 1 is 1.19 bits per heavy atom. The lowest BCUT2D eigenvalue weighted by Crippen LogP contribution is -2.42. The summed E-state index contributed by atoms with van der Waals surface area (Å²) in [7, 11) is 0. The summed E-state index contributed by atoms with van der Waals surface area (Å²) in [6.45, 7) is 2.20. The number of Topliss-reactive ketones (excluding diaryl/α,β-unsaturated/α-hetero) is 1. The van der Waals surface area contributed by atoms with Crippen molar-refractivity contribution in [3.05, 3.63) is 65.0 Å². The number of aromatic nitrogens is 1. The van der Waals surface area contributed by atoms with Crippen molar-refractivity contribution in [1.29, 1.82) is 0 Å². The van der Waals surface area contributed by atoms with E-state index in [9.17, 15) is 9.90 Å². The molecule has 3 aliphatic rings. The quantitative estimate of drug-likeness (QED) is 0.736. The molecule has 0 amide bonds. The van der Waals surface area contributed by atoms with Crippen molar-refractivity contribution < 1.29 is 9.90 Å². The van der Waals surface area contributed by atoms with Gasteiger partial charge in [0.15, 0.2) is 5.78 Å². The number of nitrogens with zero attached hydrogens (tertiary/aromatic N) is 1. The summed E-state index contributed by atoms with van der Waals surface area (Å²) in [4.78, 5) is 17.4. The molecule has 0 spiro atoms. The number of rotatable bonds is 1. The van der Waals surface area contributed by atoms with E-state index >= 15 is 0 Å². The lowest BCUT2D eigenvalue weighted by molar-refractivity contribution is -0.127. The molecule has 3 heteroatoms. The Kier molecular flexibility index (Phi) is 3.75. The molecular formula is C24H25NO2. The number of hydrogen-bond acceptors (Lipinski definition) is 3. The van der Waals surface area contributed by atoms with Crippen LogP contribution in [-0.2, 0) is 11.2 Å². The SMILES string of the molecule is C[C@]12CC[C@@H]3c4ccc(O)cc4CC[C@H]3[C@@H]1C/C(=C/c1ccncc1)C2=O. The lowest BCUT2D eigenvalue weighted by Gasteiger charge is -2.48. The van der Waals surface area contributed by atoms with E-state index in [1.807, 2.05) is 24.3 Å². The van der Waals surface area contributed by atoms with Crippen molar-refractivity contribution >= 4 is 11.9 Å². The van der Waals surface area contributed by atoms with Gasteiger partial charge in [-0.15, -0.1) is 0 Å². The molecule has 0 aliphatic heterocycles. The highest BCUT2D eigenvalue weighted by Gasteiger charge is 2.56. The van der Waals surface area contributed by atoms with Crippen LogP contribution in [0.25, 0.3) is 6.08 Å². The van der Waals surface area contributed by atoms with Crippen molar-refractivity contribution in [2.45, 2.75) is 44.9 Å². The standard InChI is InChI=1S/C24H25NO2/c1-24-9-6-20-19-5-3-18(26)13-16(19)2-4-21(20)22(24)14-17(23(24)27)12-15-7-10-25-11-8-15/h3,5,7-8,10-13,20-22,26H,2,4,6,9,14H2,1H3/b17-12-/t20-,21-,22+,24+/m1/s1. The van der Waals surface area contributed by atoms with Gasteiger partial charge >= 0.3 is 0 Å². The summed E-state index contributed by atoms with van der Waals surface area (Å²) in [5.41, 5.74) is 4.55. The van der Waals surface area contributed by atoms with E-state index in [-0.39, 0.29) is 5.41 Å². The Bertz CT molecular complexity index is 933. The van der Waals surface area contributed by atoms with E-state index in [0.29, 0.717) is 29.3 Å². The normalized spacial score (nSPS) is 33.4. The minimum Gasteiger partial charge on any atom is -0.508 e. The van der Waals surface area contributed by atoms with Crippen molar-refractivity contribution in [2.75, 3.05) is 0 Å². The number of carbonyl (C=O) groups excluding carboxylic acids is 1. The van der Waals surface area contributed by atoms with Gasteiger partial charge in [-0.2, -0.15) is 0 Å². The van der Waals surface area contributed by atoms with Crippen LogP contribution in [0.1, 0.15) is 55.2 Å². The average molecular weight is 359 g/mol. The first kappa shape index (κ1) is 16.7. The summed E-state index contributed by atoms with van der Waals surface area (Å²) in [6.07, 6.45) is 10.7. The van der Waals surface area contributed by atoms with Gasteiger partial charge in [-0.05, 0) is 102 Å². The molecule has 1 aromatic heterocycles. The number of aryl methyl sites for hydroxylation is 1. The third-order valence-electron chi connectivity index (χ3n) is 7.40. The maximum absolute atomic E-state index is 13.3. The highest BCUT2D eigenvalue weighted by atomic mass is 16.3. The van der Waals surface area contributed by atoms with Gasteiger partial charge in [-0.1, -0.05) is 13.0 Å². The second-order valence-corrected chi connectivity index (χ2v) is 8.74. The summed E-state index contributed by atoms with van der Waals surface area (Å²) >= 11 is 0. The number of fused-ring (bicyclic) bond motifs is 5. The van der Waals surface area contributed by atoms with Gasteiger partial charge in [-0.25, -0.2) is 0 Å². The highest BCUT2D eigenvalue weighted by Crippen LogP contribution is 2.60. The fraction of sp³-hybridized carbons (Fsp3) is 0.417. The third-order valence-corrected chi connectivity index (χ3v) is 7.40. The zero-order chi connectivity index (χ0) is 18.6. The highest BCUT2D eigenvalue weighted by molar-refractivity contribution is 6.05. The number of hydrogen-bond donors (Lipinski definition) is 1. The fourth-order valence-corrected chi connectivity index (χ4v) is 6.03. The van der Waals surface area contributed by atoms with Gasteiger partial charge < -0.3 is 5.11 Å². The van der Waals surface area contributed by atoms with Crippen LogP contribution < -0.4 is 0 Å². The van der Waals surface area contributed by atoms with Crippen LogP contribution in [0.5, 0.6) is 5.75 Å². The first-order chi connectivity index (χ1) is 13.1. The number of allylic oxidation sites excluding steroid dienone is 1. The number of phenols is 1. The van der Waals surface area contributed by atoms with Gasteiger partial charge in [-0.3, -0.25) is 9.78 Å². The molecule has 138 valence electrons. The lowest BCUT2D eigenvalue weighted by atomic mass is 9.55. The van der Waals surface area contributed by atoms with E-state index in [1.54, 1.807) is 12.4 Å². The van der Waals surface area contributed by atoms with Crippen LogP contribution in [0, 0.1) is 17.3 Å². The largest absolute Gasteiger partial charge is 0.508 e. The fourth-order valence-electron chi connectivity index (χ4n) is 6.03. The Labute approximate surface area is 160 Å². The van der Waals surface area contributed by atoms with Crippen molar-refractivity contribution in [3.8, 4) is 5.75 Å². The molecule has 1 heterocycles. The molecular weight excluding hydrogens is 334 g/mol. The molecule has 0 radical (unpaired) electrons. The molecule has 2 aromatic rings. The molecule has 3 nitrogen and oxygen atoms in total. The monoisotopic (exact) mass is 359 g/mol. The number of phenolic OH excluding ortho intramolecular Hbond substituents is 1. The molecule has 0 bridgehead atoms. The van der Waals surface area contributed by atoms with Crippen LogP contribution in [0.2, 0.25) is 0 Å². The minimum absolute atomic E-state index is 0.214. The van der Waals surface area contributed by atoms with E-state index < -0.39 is 0 Å². The smallest absolute Gasteiger partial charge is 0.165 e. The van der Waals surface area contributed by atoms with E-state index in [1.165, 1.54) is 11.1 Å². The Hall–Kier alpha value is -2.42. The van der Waals surface area contributed by atoms with Gasteiger partial charge in [0.1, 0.15) is 5.75 Å². The molecule has 0 saturated heterocycles. The van der Waals surface area contributed by atoms with E-state index in [2.05, 4.69) is 24.1 Å². The van der Waals surface area contributed by atoms with Gasteiger partial charge in [0.25, 0.3) is 0 Å². The van der Waals surface area contributed by atoms with E-state index in [4.69, 9.17) is 0 Å². The Morgan fingerprint density at radius 2 is 2.00 bits per heavy atom. The Morgan fingerprint density at radius 3 is 2.81 bits per heavy atom. The van der Waals surface area contributed by atoms with Crippen LogP contribution >= 0.6 is 0 Å². The molecule has 1 N–H and O–H groups in total. The number of aromatic hydroxyl groups is 1. The number of ketones is 1. The van der Waals surface area contributed by atoms with Crippen molar-refractivity contribution in [3.63, 3.8) is 0 Å².